The summed E-state index contributed by atoms with van der Waals surface area (Å²) < 4.78 is 12.5. The summed E-state index contributed by atoms with van der Waals surface area (Å²) in [5.41, 5.74) is 2.78. The van der Waals surface area contributed by atoms with Gasteiger partial charge in [0, 0.05) is 12.1 Å². The van der Waals surface area contributed by atoms with Gasteiger partial charge in [0.1, 0.15) is 11.6 Å². The molecule has 0 aliphatic carbocycles. The fourth-order valence-corrected chi connectivity index (χ4v) is 0.806. The van der Waals surface area contributed by atoms with Gasteiger partial charge in [0.2, 0.25) is 0 Å². The third-order valence-corrected chi connectivity index (χ3v) is 1.33. The first-order valence-electron chi connectivity index (χ1n) is 3.15. The number of nitrogens with one attached hydrogen (secondary N) is 1. The smallest absolute Gasteiger partial charge is 0.123 e. The predicted octanol–water partition coefficient (Wildman–Crippen LogP) is 0.495. The minimum absolute atomic E-state index is 0.0457. The zero-order valence-corrected chi connectivity index (χ0v) is 5.84. The van der Waals surface area contributed by atoms with Crippen molar-refractivity contribution in [3.05, 3.63) is 29.6 Å². The number of benzene rings is 1. The molecule has 1 aromatic rings. The van der Waals surface area contributed by atoms with Crippen LogP contribution in [0.5, 0.6) is 5.75 Å². The van der Waals surface area contributed by atoms with Gasteiger partial charge in [-0.15, -0.1) is 0 Å². The zero-order valence-electron chi connectivity index (χ0n) is 5.84. The molecule has 0 fully saturated rings. The van der Waals surface area contributed by atoms with Crippen LogP contribution >= 0.6 is 0 Å². The average Bonchev–Trinajstić information content (AvgIpc) is 1.98. The van der Waals surface area contributed by atoms with Crippen LogP contribution in [-0.4, -0.2) is 5.11 Å². The molecular formula is C7H9FN2O. The van der Waals surface area contributed by atoms with Crippen LogP contribution in [0.3, 0.4) is 0 Å². The molecular weight excluding hydrogens is 147 g/mol. The Balaban J connectivity index is 2.93. The van der Waals surface area contributed by atoms with Gasteiger partial charge in [0.15, 0.2) is 0 Å². The summed E-state index contributed by atoms with van der Waals surface area (Å²) in [4.78, 5) is 0. The number of phenolic OH excluding ortho intramolecular Hbond substituents is 1. The lowest BCUT2D eigenvalue weighted by atomic mass is 10.2. The molecule has 0 unspecified atom stereocenters. The van der Waals surface area contributed by atoms with Crippen molar-refractivity contribution in [3.63, 3.8) is 0 Å². The number of hydrogen-bond acceptors (Lipinski definition) is 3. The summed E-state index contributed by atoms with van der Waals surface area (Å²) in [7, 11) is 0. The van der Waals surface area contributed by atoms with Crippen molar-refractivity contribution in [2.45, 2.75) is 6.54 Å². The van der Waals surface area contributed by atoms with Crippen LogP contribution in [0.1, 0.15) is 5.56 Å². The topological polar surface area (TPSA) is 58.3 Å². The van der Waals surface area contributed by atoms with Crippen molar-refractivity contribution >= 4 is 0 Å². The highest BCUT2D eigenvalue weighted by atomic mass is 19.1. The van der Waals surface area contributed by atoms with E-state index in [9.17, 15) is 4.39 Å². The van der Waals surface area contributed by atoms with Crippen LogP contribution in [0.4, 0.5) is 4.39 Å². The fraction of sp³-hybridized carbons (Fsp3) is 0.143. The van der Waals surface area contributed by atoms with Crippen molar-refractivity contribution < 1.29 is 9.50 Å². The molecule has 0 radical (unpaired) electrons. The minimum atomic E-state index is -0.381. The van der Waals surface area contributed by atoms with Gasteiger partial charge < -0.3 is 5.11 Å². The van der Waals surface area contributed by atoms with Crippen molar-refractivity contribution in [2.75, 3.05) is 0 Å². The first-order chi connectivity index (χ1) is 5.24. The van der Waals surface area contributed by atoms with Gasteiger partial charge in [0.05, 0.1) is 0 Å². The standard InChI is InChI=1S/C7H9FN2O/c8-6-1-2-7(11)5(3-6)4-10-9/h1-3,10-11H,4,9H2. The maximum atomic E-state index is 12.5. The van der Waals surface area contributed by atoms with Crippen LogP contribution in [0.2, 0.25) is 0 Å². The molecule has 0 spiro atoms. The Labute approximate surface area is 63.6 Å². The average molecular weight is 156 g/mol. The summed E-state index contributed by atoms with van der Waals surface area (Å²) >= 11 is 0. The molecule has 60 valence electrons. The van der Waals surface area contributed by atoms with E-state index in [1.807, 2.05) is 0 Å². The first-order valence-corrected chi connectivity index (χ1v) is 3.15. The van der Waals surface area contributed by atoms with Crippen molar-refractivity contribution in [2.24, 2.45) is 5.84 Å². The summed E-state index contributed by atoms with van der Waals surface area (Å²) in [5, 5.41) is 9.10. The van der Waals surface area contributed by atoms with Crippen LogP contribution in [-0.2, 0) is 6.54 Å². The molecule has 1 rings (SSSR count). The van der Waals surface area contributed by atoms with Gasteiger partial charge in [-0.05, 0) is 18.2 Å². The molecule has 0 saturated heterocycles. The highest BCUT2D eigenvalue weighted by molar-refractivity contribution is 5.32. The Morgan fingerprint density at radius 2 is 2.27 bits per heavy atom. The molecule has 11 heavy (non-hydrogen) atoms. The van der Waals surface area contributed by atoms with E-state index < -0.39 is 0 Å². The second-order valence-corrected chi connectivity index (χ2v) is 2.15. The molecule has 0 saturated carbocycles. The van der Waals surface area contributed by atoms with Crippen LogP contribution < -0.4 is 11.3 Å². The van der Waals surface area contributed by atoms with E-state index in [0.717, 1.165) is 0 Å². The van der Waals surface area contributed by atoms with Crippen molar-refractivity contribution in [3.8, 4) is 5.75 Å². The third kappa shape index (κ3) is 1.89. The lowest BCUT2D eigenvalue weighted by Crippen LogP contribution is -2.20. The Bertz CT molecular complexity index is 252. The van der Waals surface area contributed by atoms with E-state index in [1.54, 1.807) is 0 Å². The molecule has 0 aromatic heterocycles. The molecule has 0 atom stereocenters. The molecule has 4 heteroatoms. The number of hydrogen-bond donors (Lipinski definition) is 3. The van der Waals surface area contributed by atoms with E-state index >= 15 is 0 Å². The third-order valence-electron chi connectivity index (χ3n) is 1.33. The molecule has 0 aliphatic rings. The Kier molecular flexibility index (Phi) is 2.40. The number of halogens is 1. The quantitative estimate of drug-likeness (QED) is 0.431. The second kappa shape index (κ2) is 3.32. The van der Waals surface area contributed by atoms with E-state index in [0.29, 0.717) is 5.56 Å². The molecule has 3 nitrogen and oxygen atoms in total. The fourth-order valence-electron chi connectivity index (χ4n) is 0.806. The minimum Gasteiger partial charge on any atom is -0.508 e. The molecule has 0 heterocycles. The van der Waals surface area contributed by atoms with Gasteiger partial charge in [-0.1, -0.05) is 0 Å². The van der Waals surface area contributed by atoms with Crippen molar-refractivity contribution in [1.82, 2.24) is 5.43 Å². The number of aromatic hydroxyl groups is 1. The maximum absolute atomic E-state index is 12.5. The largest absolute Gasteiger partial charge is 0.508 e. The Morgan fingerprint density at radius 3 is 2.91 bits per heavy atom. The number of nitrogens with two attached hydrogens (primary N) is 1. The summed E-state index contributed by atoms with van der Waals surface area (Å²) in [6.07, 6.45) is 0. The number of hydrazine groups is 1. The van der Waals surface area contributed by atoms with Gasteiger partial charge in [0.25, 0.3) is 0 Å². The van der Waals surface area contributed by atoms with E-state index in [2.05, 4.69) is 5.43 Å². The highest BCUT2D eigenvalue weighted by Gasteiger charge is 2.00. The van der Waals surface area contributed by atoms with E-state index in [-0.39, 0.29) is 18.1 Å². The monoisotopic (exact) mass is 156 g/mol. The van der Waals surface area contributed by atoms with E-state index in [4.69, 9.17) is 10.9 Å². The van der Waals surface area contributed by atoms with Gasteiger partial charge in [-0.2, -0.15) is 0 Å². The Hall–Kier alpha value is -1.13. The number of rotatable bonds is 2. The number of phenols is 1. The first kappa shape index (κ1) is 7.97. The highest BCUT2D eigenvalue weighted by Crippen LogP contribution is 2.16. The molecule has 1 aromatic carbocycles. The normalized spacial score (nSPS) is 10.0. The van der Waals surface area contributed by atoms with Gasteiger partial charge in [-0.25, -0.2) is 4.39 Å². The van der Waals surface area contributed by atoms with Crippen LogP contribution in [0, 0.1) is 5.82 Å². The second-order valence-electron chi connectivity index (χ2n) is 2.15. The maximum Gasteiger partial charge on any atom is 0.123 e. The lowest BCUT2D eigenvalue weighted by Gasteiger charge is -2.02. The van der Waals surface area contributed by atoms with Crippen molar-refractivity contribution in [1.29, 1.82) is 0 Å². The lowest BCUT2D eigenvalue weighted by molar-refractivity contribution is 0.462. The van der Waals surface area contributed by atoms with Gasteiger partial charge >= 0.3 is 0 Å². The van der Waals surface area contributed by atoms with Crippen LogP contribution in [0.15, 0.2) is 18.2 Å². The predicted molar refractivity (Wildman–Crippen MR) is 39.1 cm³/mol. The van der Waals surface area contributed by atoms with Gasteiger partial charge in [-0.3, -0.25) is 11.3 Å². The zero-order chi connectivity index (χ0) is 8.27. The summed E-state index contributed by atoms with van der Waals surface area (Å²) in [6.45, 7) is 0.254. The Morgan fingerprint density at radius 1 is 1.55 bits per heavy atom. The van der Waals surface area contributed by atoms with E-state index in [1.165, 1.54) is 18.2 Å². The molecule has 4 N–H and O–H groups in total. The van der Waals surface area contributed by atoms with Crippen LogP contribution in [0.25, 0.3) is 0 Å². The SMILES string of the molecule is NNCc1cc(F)ccc1O. The molecule has 0 bridgehead atoms. The summed E-state index contributed by atoms with van der Waals surface area (Å²) in [5.74, 6) is 4.66. The molecule has 0 aliphatic heterocycles. The summed E-state index contributed by atoms with van der Waals surface area (Å²) in [6, 6.07) is 3.71. The molecule has 0 amide bonds.